The van der Waals surface area contributed by atoms with Gasteiger partial charge < -0.3 is 15.2 Å². The van der Waals surface area contributed by atoms with Gasteiger partial charge in [0.05, 0.1) is 24.7 Å². The lowest BCUT2D eigenvalue weighted by Gasteiger charge is -2.19. The zero-order chi connectivity index (χ0) is 20.6. The highest BCUT2D eigenvalue weighted by Gasteiger charge is 2.18. The van der Waals surface area contributed by atoms with Crippen LogP contribution >= 0.6 is 0 Å². The fourth-order valence-corrected chi connectivity index (χ4v) is 3.08. The summed E-state index contributed by atoms with van der Waals surface area (Å²) in [5.74, 6) is -1.16. The van der Waals surface area contributed by atoms with Crippen molar-refractivity contribution in [3.8, 4) is 17.2 Å². The monoisotopic (exact) mass is 388 g/mol. The molecule has 3 rings (SSSR count). The topological polar surface area (TPSA) is 108 Å². The number of nitrogens with zero attached hydrogens (tertiary/aromatic N) is 3. The smallest absolute Gasteiger partial charge is 0.304 e. The molecule has 1 heterocycles. The molecule has 0 radical (unpaired) electrons. The Kier molecular flexibility index (Phi) is 6.51. The van der Waals surface area contributed by atoms with Crippen LogP contribution in [0.4, 0.5) is 11.4 Å². The average Bonchev–Trinajstić information content (AvgIpc) is 2.74. The van der Waals surface area contributed by atoms with Crippen molar-refractivity contribution >= 4 is 17.3 Å². The molecule has 2 aromatic carbocycles. The number of carbonyl (C=O) groups is 1. The molecule has 0 aliphatic rings. The molecule has 7 nitrogen and oxygen atoms in total. The number of carboxylic acids is 1. The van der Waals surface area contributed by atoms with Crippen molar-refractivity contribution in [1.82, 2.24) is 9.97 Å². The molecule has 1 aromatic heterocycles. The van der Waals surface area contributed by atoms with Gasteiger partial charge in [0.25, 0.3) is 0 Å². The third kappa shape index (κ3) is 5.15. The van der Waals surface area contributed by atoms with E-state index in [0.717, 1.165) is 28.1 Å². The Morgan fingerprint density at radius 2 is 1.93 bits per heavy atom. The van der Waals surface area contributed by atoms with Crippen molar-refractivity contribution < 1.29 is 14.6 Å². The number of hydrogen-bond donors (Lipinski definition) is 2. The lowest BCUT2D eigenvalue weighted by Crippen LogP contribution is -2.12. The van der Waals surface area contributed by atoms with Gasteiger partial charge in [0.2, 0.25) is 0 Å². The van der Waals surface area contributed by atoms with Crippen LogP contribution in [0, 0.1) is 11.3 Å². The predicted octanol–water partition coefficient (Wildman–Crippen LogP) is 3.96. The number of nitrogens with one attached hydrogen (secondary N) is 1. The number of rotatable bonds is 8. The van der Waals surface area contributed by atoms with Crippen LogP contribution in [0.5, 0.6) is 0 Å². The van der Waals surface area contributed by atoms with E-state index in [4.69, 9.17) is 10.00 Å². The van der Waals surface area contributed by atoms with Gasteiger partial charge in [0.15, 0.2) is 0 Å². The Bertz CT molecular complexity index is 1010. The van der Waals surface area contributed by atoms with Gasteiger partial charge in [-0.25, -0.2) is 9.97 Å². The first-order valence-corrected chi connectivity index (χ1v) is 8.98. The second kappa shape index (κ2) is 9.44. The largest absolute Gasteiger partial charge is 0.481 e. The molecule has 3 aromatic rings. The summed E-state index contributed by atoms with van der Waals surface area (Å²) in [4.78, 5) is 19.4. The van der Waals surface area contributed by atoms with Crippen LogP contribution in [-0.2, 0) is 9.53 Å². The molecule has 0 aliphatic heterocycles. The summed E-state index contributed by atoms with van der Waals surface area (Å²) >= 11 is 0. The number of hydrogen-bond acceptors (Lipinski definition) is 6. The van der Waals surface area contributed by atoms with E-state index in [-0.39, 0.29) is 12.3 Å². The number of aliphatic carboxylic acids is 1. The zero-order valence-electron chi connectivity index (χ0n) is 15.9. The second-order valence-electron chi connectivity index (χ2n) is 6.50. The molecule has 0 fully saturated rings. The summed E-state index contributed by atoms with van der Waals surface area (Å²) in [7, 11) is 1.56. The highest BCUT2D eigenvalue weighted by Crippen LogP contribution is 2.33. The van der Waals surface area contributed by atoms with Crippen molar-refractivity contribution in [2.24, 2.45) is 0 Å². The van der Waals surface area contributed by atoms with Crippen LogP contribution in [-0.4, -0.2) is 34.8 Å². The Balaban J connectivity index is 2.02. The lowest BCUT2D eigenvalue weighted by molar-refractivity contribution is -0.137. The molecule has 29 heavy (non-hydrogen) atoms. The molecule has 7 heteroatoms. The zero-order valence-corrected chi connectivity index (χ0v) is 15.9. The van der Waals surface area contributed by atoms with Crippen molar-refractivity contribution in [2.75, 3.05) is 19.0 Å². The number of benzene rings is 2. The minimum absolute atomic E-state index is 0.0298. The number of carboxylic acid groups (broad SMARTS) is 1. The first-order chi connectivity index (χ1) is 14.1. The standard InChI is InChI=1S/C22H20N4O3/c1-29-13-17(9-22(27)28)16-4-7-20(18-11-24-14-25-12-18)21(8-16)26-19-5-2-15(10-23)3-6-19/h2-8,11-12,14,17,26H,9,13H2,1H3,(H,27,28)/t17-/m0/s1. The van der Waals surface area contributed by atoms with Crippen LogP contribution in [0.3, 0.4) is 0 Å². The second-order valence-corrected chi connectivity index (χ2v) is 6.50. The summed E-state index contributed by atoms with van der Waals surface area (Å²) in [5.41, 5.74) is 4.73. The molecular formula is C22H20N4O3. The minimum atomic E-state index is -0.880. The van der Waals surface area contributed by atoms with E-state index in [9.17, 15) is 9.90 Å². The molecular weight excluding hydrogens is 368 g/mol. The van der Waals surface area contributed by atoms with E-state index in [2.05, 4.69) is 21.4 Å². The SMILES string of the molecule is COC[C@H](CC(=O)O)c1ccc(-c2cncnc2)c(Nc2ccc(C#N)cc2)c1. The Morgan fingerprint density at radius 3 is 2.55 bits per heavy atom. The molecule has 0 spiro atoms. The maximum absolute atomic E-state index is 11.3. The number of aromatic nitrogens is 2. The molecule has 2 N–H and O–H groups in total. The highest BCUT2D eigenvalue weighted by atomic mass is 16.5. The third-order valence-electron chi connectivity index (χ3n) is 4.47. The molecule has 0 amide bonds. The first kappa shape index (κ1) is 20.0. The fourth-order valence-electron chi connectivity index (χ4n) is 3.08. The van der Waals surface area contributed by atoms with Gasteiger partial charge in [-0.3, -0.25) is 4.79 Å². The van der Waals surface area contributed by atoms with Gasteiger partial charge >= 0.3 is 5.97 Å². The summed E-state index contributed by atoms with van der Waals surface area (Å²) < 4.78 is 5.22. The summed E-state index contributed by atoms with van der Waals surface area (Å²) in [6.45, 7) is 0.302. The van der Waals surface area contributed by atoms with Crippen LogP contribution in [0.2, 0.25) is 0 Å². The molecule has 146 valence electrons. The summed E-state index contributed by atoms with van der Waals surface area (Å²) in [6, 6.07) is 14.9. The quantitative estimate of drug-likeness (QED) is 0.601. The molecule has 0 bridgehead atoms. The average molecular weight is 388 g/mol. The van der Waals surface area contributed by atoms with Gasteiger partial charge in [-0.2, -0.15) is 5.26 Å². The highest BCUT2D eigenvalue weighted by molar-refractivity contribution is 5.81. The van der Waals surface area contributed by atoms with Gasteiger partial charge in [-0.15, -0.1) is 0 Å². The van der Waals surface area contributed by atoms with Crippen molar-refractivity contribution in [3.63, 3.8) is 0 Å². The van der Waals surface area contributed by atoms with Crippen molar-refractivity contribution in [3.05, 3.63) is 72.3 Å². The van der Waals surface area contributed by atoms with E-state index in [1.807, 2.05) is 30.3 Å². The van der Waals surface area contributed by atoms with Gasteiger partial charge in [-0.05, 0) is 35.9 Å². The van der Waals surface area contributed by atoms with Crippen LogP contribution in [0.1, 0.15) is 23.5 Å². The molecule has 0 aliphatic carbocycles. The van der Waals surface area contributed by atoms with E-state index >= 15 is 0 Å². The molecule has 0 saturated carbocycles. The lowest BCUT2D eigenvalue weighted by atomic mass is 9.93. The fraction of sp³-hybridized carbons (Fsp3) is 0.182. The molecule has 0 unspecified atom stereocenters. The minimum Gasteiger partial charge on any atom is -0.481 e. The number of anilines is 2. The van der Waals surface area contributed by atoms with E-state index < -0.39 is 5.97 Å². The number of methoxy groups -OCH3 is 1. The van der Waals surface area contributed by atoms with Gasteiger partial charge in [0, 0.05) is 47.9 Å². The van der Waals surface area contributed by atoms with E-state index in [1.54, 1.807) is 31.6 Å². The predicted molar refractivity (Wildman–Crippen MR) is 109 cm³/mol. The normalized spacial score (nSPS) is 11.4. The number of ether oxygens (including phenoxy) is 1. The van der Waals surface area contributed by atoms with Crippen LogP contribution in [0.15, 0.2) is 61.2 Å². The summed E-state index contributed by atoms with van der Waals surface area (Å²) in [5, 5.41) is 21.6. The third-order valence-corrected chi connectivity index (χ3v) is 4.47. The molecule has 0 saturated heterocycles. The van der Waals surface area contributed by atoms with Crippen LogP contribution < -0.4 is 5.32 Å². The van der Waals surface area contributed by atoms with E-state index in [0.29, 0.717) is 12.2 Å². The van der Waals surface area contributed by atoms with Crippen LogP contribution in [0.25, 0.3) is 11.1 Å². The van der Waals surface area contributed by atoms with Gasteiger partial charge in [0.1, 0.15) is 6.33 Å². The molecule has 1 atom stereocenters. The Hall–Kier alpha value is -3.76. The Labute approximate surface area is 168 Å². The van der Waals surface area contributed by atoms with Crippen molar-refractivity contribution in [2.45, 2.75) is 12.3 Å². The van der Waals surface area contributed by atoms with Crippen molar-refractivity contribution in [1.29, 1.82) is 5.26 Å². The first-order valence-electron chi connectivity index (χ1n) is 8.98. The maximum Gasteiger partial charge on any atom is 0.304 e. The summed E-state index contributed by atoms with van der Waals surface area (Å²) in [6.07, 6.45) is 4.87. The van der Waals surface area contributed by atoms with Gasteiger partial charge in [-0.1, -0.05) is 12.1 Å². The Morgan fingerprint density at radius 1 is 1.21 bits per heavy atom. The number of nitriles is 1. The maximum atomic E-state index is 11.3. The van der Waals surface area contributed by atoms with E-state index in [1.165, 1.54) is 6.33 Å².